The lowest BCUT2D eigenvalue weighted by molar-refractivity contribution is 0.0694. The zero-order chi connectivity index (χ0) is 18.0. The molecule has 3 rings (SSSR count). The minimum absolute atomic E-state index is 0.0901. The molecule has 1 aliphatic carbocycles. The third-order valence-corrected chi connectivity index (χ3v) is 5.68. The van der Waals surface area contributed by atoms with Gasteiger partial charge in [0.15, 0.2) is 0 Å². The Bertz CT molecular complexity index is 762. The van der Waals surface area contributed by atoms with E-state index in [2.05, 4.69) is 5.10 Å². The molecule has 1 aromatic heterocycles. The van der Waals surface area contributed by atoms with Gasteiger partial charge in [-0.2, -0.15) is 5.10 Å². The Morgan fingerprint density at radius 2 is 1.92 bits per heavy atom. The lowest BCUT2D eigenvalue weighted by Gasteiger charge is -2.31. The minimum atomic E-state index is 0.0901. The zero-order valence-corrected chi connectivity index (χ0v) is 16.0. The smallest absolute Gasteiger partial charge is 0.257 e. The molecule has 25 heavy (non-hydrogen) atoms. The molecule has 2 aromatic rings. The number of hydrogen-bond acceptors (Lipinski definition) is 2. The fraction of sp³-hybridized carbons (Fsp3) is 0.500. The van der Waals surface area contributed by atoms with E-state index in [1.165, 1.54) is 19.3 Å². The molecule has 134 valence electrons. The van der Waals surface area contributed by atoms with E-state index in [0.29, 0.717) is 12.6 Å². The highest BCUT2D eigenvalue weighted by Gasteiger charge is 2.27. The van der Waals surface area contributed by atoms with Gasteiger partial charge in [-0.05, 0) is 38.3 Å². The molecule has 0 aliphatic heterocycles. The number of amides is 1. The van der Waals surface area contributed by atoms with Gasteiger partial charge in [0.1, 0.15) is 0 Å². The van der Waals surface area contributed by atoms with Crippen LogP contribution in [0.15, 0.2) is 24.3 Å². The van der Waals surface area contributed by atoms with Crippen molar-refractivity contribution < 1.29 is 4.79 Å². The van der Waals surface area contributed by atoms with Crippen LogP contribution < -0.4 is 0 Å². The zero-order valence-electron chi connectivity index (χ0n) is 15.3. The standard InChI is InChI=1S/C20H26ClN3O/c1-14-19(20(25)23(3)17-10-5-4-6-11-17)15(2)24(22-14)13-16-9-7-8-12-18(16)21/h7-9,12,17H,4-6,10-11,13H2,1-3H3. The highest BCUT2D eigenvalue weighted by Crippen LogP contribution is 2.25. The van der Waals surface area contributed by atoms with E-state index in [1.807, 2.05) is 54.7 Å². The van der Waals surface area contributed by atoms with E-state index in [9.17, 15) is 4.79 Å². The van der Waals surface area contributed by atoms with Gasteiger partial charge < -0.3 is 4.90 Å². The van der Waals surface area contributed by atoms with Gasteiger partial charge in [0, 0.05) is 23.8 Å². The lowest BCUT2D eigenvalue weighted by atomic mass is 9.94. The second-order valence-corrected chi connectivity index (χ2v) is 7.41. The summed E-state index contributed by atoms with van der Waals surface area (Å²) >= 11 is 6.27. The SMILES string of the molecule is Cc1nn(Cc2ccccc2Cl)c(C)c1C(=O)N(C)C1CCCCC1. The molecule has 1 saturated carbocycles. The second-order valence-electron chi connectivity index (χ2n) is 7.00. The molecule has 1 heterocycles. The predicted molar refractivity (Wildman–Crippen MR) is 101 cm³/mol. The van der Waals surface area contributed by atoms with Crippen LogP contribution in [-0.2, 0) is 6.54 Å². The number of halogens is 1. The second kappa shape index (κ2) is 7.61. The Labute approximate surface area is 154 Å². The molecule has 1 amide bonds. The number of aryl methyl sites for hydroxylation is 1. The predicted octanol–water partition coefficient (Wildman–Crippen LogP) is 4.61. The molecule has 0 unspecified atom stereocenters. The normalized spacial score (nSPS) is 15.4. The third kappa shape index (κ3) is 3.74. The first kappa shape index (κ1) is 18.0. The van der Waals surface area contributed by atoms with E-state index in [0.717, 1.165) is 40.4 Å². The van der Waals surface area contributed by atoms with Crippen molar-refractivity contribution >= 4 is 17.5 Å². The van der Waals surface area contributed by atoms with Gasteiger partial charge in [0.2, 0.25) is 0 Å². The van der Waals surface area contributed by atoms with Gasteiger partial charge in [-0.15, -0.1) is 0 Å². The molecule has 0 bridgehead atoms. The first-order chi connectivity index (χ1) is 12.0. The Hall–Kier alpha value is -1.81. The molecule has 0 radical (unpaired) electrons. The van der Waals surface area contributed by atoms with E-state index in [1.54, 1.807) is 0 Å². The maximum Gasteiger partial charge on any atom is 0.257 e. The quantitative estimate of drug-likeness (QED) is 0.799. The summed E-state index contributed by atoms with van der Waals surface area (Å²) in [5, 5.41) is 5.33. The molecular formula is C20H26ClN3O. The van der Waals surface area contributed by atoms with Crippen molar-refractivity contribution in [3.63, 3.8) is 0 Å². The number of benzene rings is 1. The fourth-order valence-electron chi connectivity index (χ4n) is 3.76. The summed E-state index contributed by atoms with van der Waals surface area (Å²) in [4.78, 5) is 15.0. The van der Waals surface area contributed by atoms with Crippen LogP contribution in [0.4, 0.5) is 0 Å². The average Bonchev–Trinajstić information content (AvgIpc) is 2.90. The maximum atomic E-state index is 13.1. The van der Waals surface area contributed by atoms with E-state index >= 15 is 0 Å². The summed E-state index contributed by atoms with van der Waals surface area (Å²) in [7, 11) is 1.93. The van der Waals surface area contributed by atoms with Crippen LogP contribution in [0.2, 0.25) is 5.02 Å². The molecule has 0 spiro atoms. The molecule has 0 N–H and O–H groups in total. The Morgan fingerprint density at radius 3 is 2.60 bits per heavy atom. The summed E-state index contributed by atoms with van der Waals surface area (Å²) in [6, 6.07) is 8.11. The highest BCUT2D eigenvalue weighted by molar-refractivity contribution is 6.31. The van der Waals surface area contributed by atoms with Gasteiger partial charge in [0.25, 0.3) is 5.91 Å². The molecule has 0 atom stereocenters. The number of carbonyl (C=O) groups is 1. The summed E-state index contributed by atoms with van der Waals surface area (Å²) in [5.41, 5.74) is 3.44. The molecule has 1 fully saturated rings. The highest BCUT2D eigenvalue weighted by atomic mass is 35.5. The van der Waals surface area contributed by atoms with E-state index < -0.39 is 0 Å². The largest absolute Gasteiger partial charge is 0.339 e. The van der Waals surface area contributed by atoms with Gasteiger partial charge in [-0.1, -0.05) is 49.1 Å². The third-order valence-electron chi connectivity index (χ3n) is 5.32. The van der Waals surface area contributed by atoms with Crippen LogP contribution in [0, 0.1) is 13.8 Å². The number of carbonyl (C=O) groups excluding carboxylic acids is 1. The summed E-state index contributed by atoms with van der Waals surface area (Å²) in [6.45, 7) is 4.46. The van der Waals surface area contributed by atoms with Crippen molar-refractivity contribution in [2.24, 2.45) is 0 Å². The Kier molecular flexibility index (Phi) is 5.48. The van der Waals surface area contributed by atoms with Crippen molar-refractivity contribution in [1.29, 1.82) is 0 Å². The average molecular weight is 360 g/mol. The minimum Gasteiger partial charge on any atom is -0.339 e. The number of nitrogens with zero attached hydrogens (tertiary/aromatic N) is 3. The topological polar surface area (TPSA) is 38.1 Å². The van der Waals surface area contributed by atoms with Crippen LogP contribution in [0.3, 0.4) is 0 Å². The Morgan fingerprint density at radius 1 is 1.24 bits per heavy atom. The van der Waals surface area contributed by atoms with Gasteiger partial charge in [0.05, 0.1) is 17.8 Å². The molecule has 4 nitrogen and oxygen atoms in total. The first-order valence-electron chi connectivity index (χ1n) is 9.03. The number of aromatic nitrogens is 2. The van der Waals surface area contributed by atoms with E-state index in [-0.39, 0.29) is 5.91 Å². The van der Waals surface area contributed by atoms with Gasteiger partial charge >= 0.3 is 0 Å². The van der Waals surface area contributed by atoms with Crippen molar-refractivity contribution in [1.82, 2.24) is 14.7 Å². The summed E-state index contributed by atoms with van der Waals surface area (Å²) in [6.07, 6.45) is 5.92. The van der Waals surface area contributed by atoms with E-state index in [4.69, 9.17) is 11.6 Å². The van der Waals surface area contributed by atoms with Gasteiger partial charge in [-0.25, -0.2) is 0 Å². The van der Waals surface area contributed by atoms with Crippen LogP contribution in [0.5, 0.6) is 0 Å². The van der Waals surface area contributed by atoms with Crippen LogP contribution >= 0.6 is 11.6 Å². The molecule has 5 heteroatoms. The fourth-order valence-corrected chi connectivity index (χ4v) is 3.95. The number of rotatable bonds is 4. The molecular weight excluding hydrogens is 334 g/mol. The monoisotopic (exact) mass is 359 g/mol. The van der Waals surface area contributed by atoms with Crippen LogP contribution in [0.25, 0.3) is 0 Å². The summed E-state index contributed by atoms with van der Waals surface area (Å²) in [5.74, 6) is 0.0901. The Balaban J connectivity index is 1.84. The van der Waals surface area contributed by atoms with Crippen LogP contribution in [-0.4, -0.2) is 33.7 Å². The van der Waals surface area contributed by atoms with Gasteiger partial charge in [-0.3, -0.25) is 9.48 Å². The lowest BCUT2D eigenvalue weighted by Crippen LogP contribution is -2.38. The maximum absolute atomic E-state index is 13.1. The number of hydrogen-bond donors (Lipinski definition) is 0. The summed E-state index contributed by atoms with van der Waals surface area (Å²) < 4.78 is 1.89. The molecule has 0 saturated heterocycles. The van der Waals surface area contributed by atoms with Crippen molar-refractivity contribution in [3.05, 3.63) is 51.8 Å². The molecule has 1 aliphatic rings. The van der Waals surface area contributed by atoms with Crippen molar-refractivity contribution in [2.45, 2.75) is 58.5 Å². The van der Waals surface area contributed by atoms with Crippen LogP contribution in [0.1, 0.15) is 59.4 Å². The molecule has 1 aromatic carbocycles. The first-order valence-corrected chi connectivity index (χ1v) is 9.41. The van der Waals surface area contributed by atoms with Crippen molar-refractivity contribution in [3.8, 4) is 0 Å². The van der Waals surface area contributed by atoms with Crippen molar-refractivity contribution in [2.75, 3.05) is 7.05 Å².